The lowest BCUT2D eigenvalue weighted by Crippen LogP contribution is -2.51. The monoisotopic (exact) mass is 472 g/mol. The summed E-state index contributed by atoms with van der Waals surface area (Å²) in [5.41, 5.74) is 1.44. The van der Waals surface area contributed by atoms with Gasteiger partial charge in [-0.05, 0) is 85.5 Å². The normalized spacial score (nSPS) is 40.9. The molecule has 34 heavy (non-hydrogen) atoms. The predicted molar refractivity (Wildman–Crippen MR) is 131 cm³/mol. The van der Waals surface area contributed by atoms with E-state index in [0.29, 0.717) is 37.0 Å². The van der Waals surface area contributed by atoms with E-state index in [1.807, 2.05) is 19.9 Å². The minimum Gasteiger partial charge on any atom is -0.462 e. The number of carbonyl (C=O) groups excluding carboxylic acids is 3. The van der Waals surface area contributed by atoms with Gasteiger partial charge < -0.3 is 9.84 Å². The van der Waals surface area contributed by atoms with E-state index in [0.717, 1.165) is 38.5 Å². The standard InChI is InChI=1S/C29H44O5/c1-17(16-30)6-9-25(33)18(2)27-26(34-19(3)31)15-24-22-8-7-20-14-21(32)10-12-28(20,4)23(22)11-13-29(24,27)5/h14,17-18,22-24,26-27,30H,6-13,15-16H2,1-5H3. The largest absolute Gasteiger partial charge is 0.462 e. The van der Waals surface area contributed by atoms with E-state index in [1.54, 1.807) is 0 Å². The third-order valence-electron chi connectivity index (χ3n) is 10.6. The van der Waals surface area contributed by atoms with Gasteiger partial charge in [-0.2, -0.15) is 0 Å². The van der Waals surface area contributed by atoms with Crippen LogP contribution in [0.1, 0.15) is 92.4 Å². The smallest absolute Gasteiger partial charge is 0.302 e. The van der Waals surface area contributed by atoms with Crippen molar-refractivity contribution in [3.8, 4) is 0 Å². The maximum absolute atomic E-state index is 13.3. The molecular formula is C29H44O5. The van der Waals surface area contributed by atoms with Gasteiger partial charge in [-0.25, -0.2) is 0 Å². The molecule has 4 aliphatic carbocycles. The minimum atomic E-state index is -0.256. The van der Waals surface area contributed by atoms with E-state index in [1.165, 1.54) is 12.5 Å². The summed E-state index contributed by atoms with van der Waals surface area (Å²) in [7, 11) is 0. The first kappa shape index (κ1) is 25.6. The number of ether oxygens (including phenoxy) is 1. The second-order valence-electron chi connectivity index (χ2n) is 12.5. The molecule has 3 fully saturated rings. The number of hydrogen-bond acceptors (Lipinski definition) is 5. The molecule has 5 heteroatoms. The maximum Gasteiger partial charge on any atom is 0.302 e. The second-order valence-corrected chi connectivity index (χ2v) is 12.5. The first-order chi connectivity index (χ1) is 16.0. The van der Waals surface area contributed by atoms with Crippen molar-refractivity contribution in [2.45, 2.75) is 98.5 Å². The first-order valence-corrected chi connectivity index (χ1v) is 13.6. The first-order valence-electron chi connectivity index (χ1n) is 13.6. The molecule has 3 saturated carbocycles. The lowest BCUT2D eigenvalue weighted by molar-refractivity contribution is -0.152. The van der Waals surface area contributed by atoms with E-state index >= 15 is 0 Å². The lowest BCUT2D eigenvalue weighted by atomic mass is 9.46. The molecule has 4 rings (SSSR count). The van der Waals surface area contributed by atoms with Crippen molar-refractivity contribution in [1.29, 1.82) is 0 Å². The molecule has 9 atom stereocenters. The molecule has 0 aromatic rings. The van der Waals surface area contributed by atoms with Gasteiger partial charge in [-0.3, -0.25) is 14.4 Å². The van der Waals surface area contributed by atoms with Crippen molar-refractivity contribution < 1.29 is 24.2 Å². The second kappa shape index (κ2) is 9.52. The van der Waals surface area contributed by atoms with Crippen LogP contribution in [0.5, 0.6) is 0 Å². The number of esters is 1. The molecule has 0 heterocycles. The fraction of sp³-hybridized carbons (Fsp3) is 0.828. The summed E-state index contributed by atoms with van der Waals surface area (Å²) in [6.45, 7) is 10.3. The van der Waals surface area contributed by atoms with Crippen LogP contribution in [0.25, 0.3) is 0 Å². The molecule has 0 saturated heterocycles. The highest BCUT2D eigenvalue weighted by Crippen LogP contribution is 2.68. The predicted octanol–water partition coefficient (Wildman–Crippen LogP) is 5.29. The Kier molecular flexibility index (Phi) is 7.17. The highest BCUT2D eigenvalue weighted by atomic mass is 16.5. The lowest BCUT2D eigenvalue weighted by Gasteiger charge is -2.58. The van der Waals surface area contributed by atoms with Gasteiger partial charge in [0.15, 0.2) is 5.78 Å². The molecular weight excluding hydrogens is 428 g/mol. The Balaban J connectivity index is 1.61. The Labute approximate surface area is 205 Å². The van der Waals surface area contributed by atoms with Crippen molar-refractivity contribution in [2.75, 3.05) is 6.61 Å². The zero-order valence-electron chi connectivity index (χ0n) is 21.8. The van der Waals surface area contributed by atoms with Crippen LogP contribution in [0, 0.1) is 46.3 Å². The molecule has 0 aromatic carbocycles. The van der Waals surface area contributed by atoms with Gasteiger partial charge in [0.2, 0.25) is 0 Å². The third-order valence-corrected chi connectivity index (χ3v) is 10.6. The third kappa shape index (κ3) is 4.31. The number of allylic oxidation sites excluding steroid dienone is 1. The van der Waals surface area contributed by atoms with Crippen LogP contribution < -0.4 is 0 Å². The molecule has 0 radical (unpaired) electrons. The average Bonchev–Trinajstić information content (AvgIpc) is 3.08. The van der Waals surface area contributed by atoms with E-state index in [-0.39, 0.29) is 58.8 Å². The Morgan fingerprint density at radius 3 is 2.56 bits per heavy atom. The highest BCUT2D eigenvalue weighted by molar-refractivity contribution is 5.91. The summed E-state index contributed by atoms with van der Waals surface area (Å²) in [5.74, 6) is 1.80. The molecule has 0 aliphatic heterocycles. The fourth-order valence-corrected chi connectivity index (χ4v) is 8.72. The van der Waals surface area contributed by atoms with Gasteiger partial charge in [0, 0.05) is 38.2 Å². The van der Waals surface area contributed by atoms with E-state index < -0.39 is 0 Å². The molecule has 0 bridgehead atoms. The van der Waals surface area contributed by atoms with Gasteiger partial charge in [0.05, 0.1) is 0 Å². The van der Waals surface area contributed by atoms with Gasteiger partial charge >= 0.3 is 5.97 Å². The summed E-state index contributed by atoms with van der Waals surface area (Å²) >= 11 is 0. The minimum absolute atomic E-state index is 0.0268. The zero-order chi connectivity index (χ0) is 24.8. The van der Waals surface area contributed by atoms with E-state index in [9.17, 15) is 19.5 Å². The Bertz CT molecular complexity index is 861. The van der Waals surface area contributed by atoms with Gasteiger partial charge in [-0.15, -0.1) is 0 Å². The average molecular weight is 473 g/mol. The van der Waals surface area contributed by atoms with Crippen LogP contribution in [-0.2, 0) is 19.1 Å². The summed E-state index contributed by atoms with van der Waals surface area (Å²) in [4.78, 5) is 37.5. The van der Waals surface area contributed by atoms with Crippen molar-refractivity contribution in [1.82, 2.24) is 0 Å². The maximum atomic E-state index is 13.3. The summed E-state index contributed by atoms with van der Waals surface area (Å²) in [6.07, 6.45) is 9.61. The topological polar surface area (TPSA) is 80.7 Å². The molecule has 5 nitrogen and oxygen atoms in total. The van der Waals surface area contributed by atoms with Crippen LogP contribution in [-0.4, -0.2) is 35.4 Å². The molecule has 1 N–H and O–H groups in total. The Morgan fingerprint density at radius 2 is 1.88 bits per heavy atom. The summed E-state index contributed by atoms with van der Waals surface area (Å²) < 4.78 is 5.94. The van der Waals surface area contributed by atoms with Crippen molar-refractivity contribution in [3.05, 3.63) is 11.6 Å². The molecule has 9 unspecified atom stereocenters. The molecule has 0 aromatic heterocycles. The van der Waals surface area contributed by atoms with Gasteiger partial charge in [-0.1, -0.05) is 33.3 Å². The fourth-order valence-electron chi connectivity index (χ4n) is 8.72. The van der Waals surface area contributed by atoms with E-state index in [2.05, 4.69) is 13.8 Å². The van der Waals surface area contributed by atoms with Gasteiger partial charge in [0.1, 0.15) is 11.9 Å². The number of hydrogen-bond donors (Lipinski definition) is 1. The number of ketones is 2. The van der Waals surface area contributed by atoms with Gasteiger partial charge in [0.25, 0.3) is 0 Å². The molecule has 4 aliphatic rings. The summed E-state index contributed by atoms with van der Waals surface area (Å²) in [6, 6.07) is 0. The SMILES string of the molecule is CC(=O)OC1CC2C3CCC4=CC(=O)CCC4(C)C3CCC2(C)C1C(C)C(=O)CCC(C)CO. The number of aliphatic hydroxyl groups excluding tert-OH is 1. The van der Waals surface area contributed by atoms with E-state index in [4.69, 9.17) is 4.74 Å². The number of Topliss-reactive ketones (excluding diaryl/α,β-unsaturated/α-hetero) is 1. The quantitative estimate of drug-likeness (QED) is 0.509. The Hall–Kier alpha value is -1.49. The summed E-state index contributed by atoms with van der Waals surface area (Å²) in [5, 5.41) is 9.37. The van der Waals surface area contributed by atoms with Crippen LogP contribution in [0.3, 0.4) is 0 Å². The molecule has 0 amide bonds. The van der Waals surface area contributed by atoms with Crippen LogP contribution in [0.15, 0.2) is 11.6 Å². The van der Waals surface area contributed by atoms with Crippen molar-refractivity contribution in [3.63, 3.8) is 0 Å². The Morgan fingerprint density at radius 1 is 1.15 bits per heavy atom. The number of fused-ring (bicyclic) bond motifs is 5. The zero-order valence-corrected chi connectivity index (χ0v) is 21.8. The highest BCUT2D eigenvalue weighted by Gasteiger charge is 2.63. The van der Waals surface area contributed by atoms with Crippen LogP contribution >= 0.6 is 0 Å². The molecule has 190 valence electrons. The van der Waals surface area contributed by atoms with Crippen LogP contribution in [0.2, 0.25) is 0 Å². The number of rotatable bonds is 7. The number of aliphatic hydroxyl groups is 1. The van der Waals surface area contributed by atoms with Crippen LogP contribution in [0.4, 0.5) is 0 Å². The van der Waals surface area contributed by atoms with Crippen molar-refractivity contribution >= 4 is 17.5 Å². The molecule has 0 spiro atoms. The number of carbonyl (C=O) groups is 3. The van der Waals surface area contributed by atoms with Crippen molar-refractivity contribution in [2.24, 2.45) is 46.3 Å².